The SMILES string of the molecule is CCNC(=O)C(CC)N(Cc1ccc(Cl)cc1)C(=O)CN(c1ccc(C)c(Cl)c1)S(=O)(=O)c1ccc(C)cc1. The van der Waals surface area contributed by atoms with Crippen molar-refractivity contribution in [1.29, 1.82) is 0 Å². The van der Waals surface area contributed by atoms with Crippen LogP contribution in [0.5, 0.6) is 0 Å². The second-order valence-corrected chi connectivity index (χ2v) is 11.9. The van der Waals surface area contributed by atoms with Crippen LogP contribution in [0.3, 0.4) is 0 Å². The van der Waals surface area contributed by atoms with E-state index in [2.05, 4.69) is 5.32 Å². The van der Waals surface area contributed by atoms with Crippen molar-refractivity contribution < 1.29 is 18.0 Å². The second kappa shape index (κ2) is 13.3. The zero-order valence-corrected chi connectivity index (χ0v) is 24.8. The Labute approximate surface area is 240 Å². The molecule has 0 aliphatic rings. The van der Waals surface area contributed by atoms with Crippen LogP contribution in [-0.2, 0) is 26.2 Å². The van der Waals surface area contributed by atoms with Gasteiger partial charge in [-0.2, -0.15) is 0 Å². The van der Waals surface area contributed by atoms with Gasteiger partial charge in [0.05, 0.1) is 10.6 Å². The monoisotopic (exact) mass is 589 g/mol. The third-order valence-corrected chi connectivity index (χ3v) is 8.78. The molecule has 1 atom stereocenters. The lowest BCUT2D eigenvalue weighted by Gasteiger charge is -2.33. The van der Waals surface area contributed by atoms with E-state index in [9.17, 15) is 18.0 Å². The molecule has 3 rings (SSSR count). The number of aryl methyl sites for hydroxylation is 2. The quantitative estimate of drug-likeness (QED) is 0.308. The van der Waals surface area contributed by atoms with Crippen LogP contribution in [0, 0.1) is 13.8 Å². The normalized spacial score (nSPS) is 12.1. The number of rotatable bonds is 11. The number of nitrogens with zero attached hydrogens (tertiary/aromatic N) is 2. The Balaban J connectivity index is 2.08. The van der Waals surface area contributed by atoms with Crippen LogP contribution in [-0.4, -0.2) is 44.3 Å². The van der Waals surface area contributed by atoms with Crippen molar-refractivity contribution in [1.82, 2.24) is 10.2 Å². The molecule has 1 N–H and O–H groups in total. The number of hydrogen-bond donors (Lipinski definition) is 1. The van der Waals surface area contributed by atoms with Gasteiger partial charge in [0.25, 0.3) is 10.0 Å². The molecule has 0 saturated heterocycles. The second-order valence-electron chi connectivity index (χ2n) is 9.22. The summed E-state index contributed by atoms with van der Waals surface area (Å²) in [5, 5.41) is 3.70. The van der Waals surface area contributed by atoms with Gasteiger partial charge in [0.15, 0.2) is 0 Å². The first kappa shape index (κ1) is 30.5. The largest absolute Gasteiger partial charge is 0.355 e. The number of halogens is 2. The molecule has 0 radical (unpaired) electrons. The van der Waals surface area contributed by atoms with E-state index in [0.29, 0.717) is 23.0 Å². The minimum atomic E-state index is -4.16. The van der Waals surface area contributed by atoms with Crippen LogP contribution in [0.2, 0.25) is 10.0 Å². The molecule has 0 aliphatic heterocycles. The molecule has 0 heterocycles. The summed E-state index contributed by atoms with van der Waals surface area (Å²) >= 11 is 12.4. The zero-order valence-electron chi connectivity index (χ0n) is 22.4. The maximum absolute atomic E-state index is 14.0. The summed E-state index contributed by atoms with van der Waals surface area (Å²) in [4.78, 5) is 28.4. The molecular formula is C29H33Cl2N3O4S. The van der Waals surface area contributed by atoms with Gasteiger partial charge in [0, 0.05) is 23.1 Å². The number of carbonyl (C=O) groups is 2. The first-order chi connectivity index (χ1) is 18.5. The fourth-order valence-corrected chi connectivity index (χ4v) is 5.81. The maximum Gasteiger partial charge on any atom is 0.264 e. The van der Waals surface area contributed by atoms with Gasteiger partial charge in [-0.3, -0.25) is 13.9 Å². The summed E-state index contributed by atoms with van der Waals surface area (Å²) in [5.41, 5.74) is 2.67. The van der Waals surface area contributed by atoms with Crippen molar-refractivity contribution in [3.8, 4) is 0 Å². The number of amides is 2. The van der Waals surface area contributed by atoms with Crippen LogP contribution in [0.15, 0.2) is 71.6 Å². The predicted octanol–water partition coefficient (Wildman–Crippen LogP) is 5.75. The summed E-state index contributed by atoms with van der Waals surface area (Å²) in [7, 11) is -4.16. The molecule has 0 spiro atoms. The van der Waals surface area contributed by atoms with Gasteiger partial charge in [0.2, 0.25) is 11.8 Å². The molecule has 3 aromatic rings. The van der Waals surface area contributed by atoms with Crippen molar-refractivity contribution in [2.75, 3.05) is 17.4 Å². The van der Waals surface area contributed by atoms with Gasteiger partial charge >= 0.3 is 0 Å². The molecule has 0 aromatic heterocycles. The highest BCUT2D eigenvalue weighted by Crippen LogP contribution is 2.29. The van der Waals surface area contributed by atoms with Gasteiger partial charge < -0.3 is 10.2 Å². The molecule has 0 saturated carbocycles. The lowest BCUT2D eigenvalue weighted by atomic mass is 10.1. The average molecular weight is 591 g/mol. The molecule has 208 valence electrons. The number of sulfonamides is 1. The topological polar surface area (TPSA) is 86.8 Å². The Morgan fingerprint density at radius 3 is 2.13 bits per heavy atom. The highest BCUT2D eigenvalue weighted by atomic mass is 35.5. The van der Waals surface area contributed by atoms with Crippen molar-refractivity contribution in [2.24, 2.45) is 0 Å². The van der Waals surface area contributed by atoms with E-state index in [4.69, 9.17) is 23.2 Å². The van der Waals surface area contributed by atoms with E-state index in [1.165, 1.54) is 23.1 Å². The van der Waals surface area contributed by atoms with Crippen LogP contribution < -0.4 is 9.62 Å². The van der Waals surface area contributed by atoms with E-state index in [-0.39, 0.29) is 23.0 Å². The lowest BCUT2D eigenvalue weighted by molar-refractivity contribution is -0.140. The first-order valence-electron chi connectivity index (χ1n) is 12.6. The first-order valence-corrected chi connectivity index (χ1v) is 14.8. The van der Waals surface area contributed by atoms with Crippen molar-refractivity contribution in [2.45, 2.75) is 51.6 Å². The number of likely N-dealkylation sites (N-methyl/N-ethyl adjacent to an activating group) is 1. The summed E-state index contributed by atoms with van der Waals surface area (Å²) in [6, 6.07) is 17.4. The highest BCUT2D eigenvalue weighted by Gasteiger charge is 2.33. The Kier molecular flexibility index (Phi) is 10.4. The molecule has 3 aromatic carbocycles. The fraction of sp³-hybridized carbons (Fsp3) is 0.310. The molecule has 39 heavy (non-hydrogen) atoms. The van der Waals surface area contributed by atoms with Crippen molar-refractivity contribution in [3.05, 3.63) is 93.5 Å². The Morgan fingerprint density at radius 2 is 1.56 bits per heavy atom. The smallest absolute Gasteiger partial charge is 0.264 e. The molecule has 0 bridgehead atoms. The summed E-state index contributed by atoms with van der Waals surface area (Å²) in [6.45, 7) is 7.24. The van der Waals surface area contributed by atoms with Gasteiger partial charge in [0.1, 0.15) is 12.6 Å². The van der Waals surface area contributed by atoms with Crippen molar-refractivity contribution in [3.63, 3.8) is 0 Å². The Morgan fingerprint density at radius 1 is 0.923 bits per heavy atom. The predicted molar refractivity (Wildman–Crippen MR) is 157 cm³/mol. The van der Waals surface area contributed by atoms with E-state index in [1.807, 2.05) is 20.8 Å². The van der Waals surface area contributed by atoms with Crippen molar-refractivity contribution >= 4 is 50.7 Å². The standard InChI is InChI=1S/C29H33Cl2N3O4S/c1-5-27(29(36)32-6-2)33(18-22-10-12-23(30)13-11-22)28(35)19-34(24-14-9-21(4)26(31)17-24)39(37,38)25-15-7-20(3)8-16-25/h7-17,27H,5-6,18-19H2,1-4H3,(H,32,36). The maximum atomic E-state index is 14.0. The van der Waals surface area contributed by atoms with Gasteiger partial charge in [-0.1, -0.05) is 66.0 Å². The highest BCUT2D eigenvalue weighted by molar-refractivity contribution is 7.92. The van der Waals surface area contributed by atoms with Crippen LogP contribution >= 0.6 is 23.2 Å². The lowest BCUT2D eigenvalue weighted by Crippen LogP contribution is -2.52. The van der Waals surface area contributed by atoms with Gasteiger partial charge in [-0.05, 0) is 74.7 Å². The summed E-state index contributed by atoms with van der Waals surface area (Å²) < 4.78 is 28.8. The third-order valence-electron chi connectivity index (χ3n) is 6.33. The fourth-order valence-electron chi connectivity index (χ4n) is 4.10. The molecular weight excluding hydrogens is 557 g/mol. The van der Waals surface area contributed by atoms with Crippen LogP contribution in [0.25, 0.3) is 0 Å². The third kappa shape index (κ3) is 7.53. The van der Waals surface area contributed by atoms with E-state index < -0.39 is 28.5 Å². The average Bonchev–Trinajstić information content (AvgIpc) is 2.90. The van der Waals surface area contributed by atoms with E-state index in [1.54, 1.807) is 55.5 Å². The number of nitrogens with one attached hydrogen (secondary N) is 1. The van der Waals surface area contributed by atoms with Crippen LogP contribution in [0.1, 0.15) is 37.0 Å². The number of anilines is 1. The molecule has 0 aliphatic carbocycles. The van der Waals surface area contributed by atoms with E-state index >= 15 is 0 Å². The summed E-state index contributed by atoms with van der Waals surface area (Å²) in [5.74, 6) is -0.843. The molecule has 1 unspecified atom stereocenters. The Bertz CT molecular complexity index is 1410. The Hall–Kier alpha value is -3.07. The number of benzene rings is 3. The number of carbonyl (C=O) groups excluding carboxylic acids is 2. The molecule has 2 amide bonds. The van der Waals surface area contributed by atoms with Gasteiger partial charge in [-0.15, -0.1) is 0 Å². The molecule has 10 heteroatoms. The molecule has 0 fully saturated rings. The minimum absolute atomic E-state index is 0.0395. The van der Waals surface area contributed by atoms with E-state index in [0.717, 1.165) is 21.0 Å². The minimum Gasteiger partial charge on any atom is -0.355 e. The zero-order chi connectivity index (χ0) is 28.7. The number of hydrogen-bond acceptors (Lipinski definition) is 4. The van der Waals surface area contributed by atoms with Gasteiger partial charge in [-0.25, -0.2) is 8.42 Å². The van der Waals surface area contributed by atoms with Crippen LogP contribution in [0.4, 0.5) is 5.69 Å². The molecule has 7 nitrogen and oxygen atoms in total. The summed E-state index contributed by atoms with van der Waals surface area (Å²) in [6.07, 6.45) is 0.340.